The van der Waals surface area contributed by atoms with E-state index >= 15 is 0 Å². The van der Waals surface area contributed by atoms with Gasteiger partial charge >= 0.3 is 0 Å². The Labute approximate surface area is 138 Å². The Morgan fingerprint density at radius 3 is 2.78 bits per heavy atom. The monoisotopic (exact) mass is 335 g/mol. The van der Waals surface area contributed by atoms with Gasteiger partial charge in [0, 0.05) is 11.6 Å². The topological polar surface area (TPSA) is 61.5 Å². The van der Waals surface area contributed by atoms with Crippen molar-refractivity contribution in [1.82, 2.24) is 0 Å². The predicted octanol–water partition coefficient (Wildman–Crippen LogP) is 3.57. The Morgan fingerprint density at radius 1 is 1.30 bits per heavy atom. The second-order valence-electron chi connectivity index (χ2n) is 4.65. The van der Waals surface area contributed by atoms with Crippen molar-refractivity contribution in [2.24, 2.45) is 5.73 Å². The van der Waals surface area contributed by atoms with E-state index in [2.05, 4.69) is 0 Å². The highest BCUT2D eigenvalue weighted by molar-refractivity contribution is 6.30. The summed E-state index contributed by atoms with van der Waals surface area (Å²) in [6.07, 6.45) is 2.81. The van der Waals surface area contributed by atoms with Gasteiger partial charge in [0.2, 0.25) is 5.91 Å². The van der Waals surface area contributed by atoms with E-state index in [0.717, 1.165) is 5.56 Å². The van der Waals surface area contributed by atoms with E-state index in [1.165, 1.54) is 19.3 Å². The number of benzene rings is 2. The van der Waals surface area contributed by atoms with Crippen molar-refractivity contribution in [3.8, 4) is 11.5 Å². The van der Waals surface area contributed by atoms with Gasteiger partial charge in [-0.2, -0.15) is 0 Å². The lowest BCUT2D eigenvalue weighted by Crippen LogP contribution is -2.05. The van der Waals surface area contributed by atoms with Gasteiger partial charge in [0.1, 0.15) is 12.4 Å². The molecule has 0 saturated heterocycles. The first-order valence-electron chi connectivity index (χ1n) is 6.72. The third-order valence-electron chi connectivity index (χ3n) is 3.04. The van der Waals surface area contributed by atoms with Crippen molar-refractivity contribution in [2.75, 3.05) is 7.11 Å². The van der Waals surface area contributed by atoms with E-state index in [1.54, 1.807) is 36.4 Å². The van der Waals surface area contributed by atoms with Gasteiger partial charge in [-0.05, 0) is 29.8 Å². The molecule has 0 unspecified atom stereocenters. The molecule has 1 amide bonds. The fourth-order valence-corrected chi connectivity index (χ4v) is 2.09. The summed E-state index contributed by atoms with van der Waals surface area (Å²) < 4.78 is 24.7. The van der Waals surface area contributed by atoms with E-state index in [0.29, 0.717) is 17.1 Å². The molecule has 4 nitrogen and oxygen atoms in total. The number of carbonyl (C=O) groups excluding carboxylic acids is 1. The maximum absolute atomic E-state index is 13.8. The lowest BCUT2D eigenvalue weighted by molar-refractivity contribution is -0.113. The van der Waals surface area contributed by atoms with Gasteiger partial charge in [-0.25, -0.2) is 4.39 Å². The third-order valence-corrected chi connectivity index (χ3v) is 3.33. The molecule has 0 aliphatic heterocycles. The molecule has 0 heterocycles. The Hall–Kier alpha value is -2.53. The molecular weight excluding hydrogens is 321 g/mol. The highest BCUT2D eigenvalue weighted by Crippen LogP contribution is 2.30. The molecule has 0 aliphatic rings. The summed E-state index contributed by atoms with van der Waals surface area (Å²) in [5, 5.41) is 0.0463. The zero-order chi connectivity index (χ0) is 16.8. The van der Waals surface area contributed by atoms with E-state index < -0.39 is 11.7 Å². The minimum absolute atomic E-state index is 0.0131. The molecule has 2 rings (SSSR count). The second kappa shape index (κ2) is 7.65. The quantitative estimate of drug-likeness (QED) is 0.821. The van der Waals surface area contributed by atoms with E-state index in [9.17, 15) is 9.18 Å². The van der Waals surface area contributed by atoms with Crippen molar-refractivity contribution in [2.45, 2.75) is 6.61 Å². The smallest absolute Gasteiger partial charge is 0.241 e. The van der Waals surface area contributed by atoms with Crippen LogP contribution in [0.1, 0.15) is 11.1 Å². The number of hydrogen-bond acceptors (Lipinski definition) is 3. The number of hydrogen-bond donors (Lipinski definition) is 1. The molecule has 0 saturated carbocycles. The summed E-state index contributed by atoms with van der Waals surface area (Å²) in [6, 6.07) is 9.80. The van der Waals surface area contributed by atoms with Gasteiger partial charge in [-0.3, -0.25) is 4.79 Å². The molecule has 6 heteroatoms. The maximum atomic E-state index is 13.8. The Kier molecular flexibility index (Phi) is 5.60. The van der Waals surface area contributed by atoms with E-state index in [4.69, 9.17) is 26.8 Å². The SMILES string of the molecule is COc1cc(/C=C/C(N)=O)ccc1OCc1cccc(Cl)c1F. The fourth-order valence-electron chi connectivity index (χ4n) is 1.90. The zero-order valence-electron chi connectivity index (χ0n) is 12.4. The van der Waals surface area contributed by atoms with E-state index in [-0.39, 0.29) is 11.6 Å². The summed E-state index contributed by atoms with van der Waals surface area (Å²) in [7, 11) is 1.49. The summed E-state index contributed by atoms with van der Waals surface area (Å²) in [5.74, 6) is -0.142. The molecule has 2 aromatic rings. The molecule has 120 valence electrons. The van der Waals surface area contributed by atoms with Gasteiger partial charge in [-0.1, -0.05) is 29.8 Å². The number of amides is 1. The summed E-state index contributed by atoms with van der Waals surface area (Å²) in [4.78, 5) is 10.7. The molecule has 23 heavy (non-hydrogen) atoms. The van der Waals surface area contributed by atoms with Crippen LogP contribution >= 0.6 is 11.6 Å². The van der Waals surface area contributed by atoms with Crippen LogP contribution in [-0.4, -0.2) is 13.0 Å². The van der Waals surface area contributed by atoms with Gasteiger partial charge < -0.3 is 15.2 Å². The van der Waals surface area contributed by atoms with Crippen LogP contribution in [0, 0.1) is 5.82 Å². The molecule has 0 atom stereocenters. The zero-order valence-corrected chi connectivity index (χ0v) is 13.1. The molecule has 0 spiro atoms. The van der Waals surface area contributed by atoms with Crippen LogP contribution in [0.3, 0.4) is 0 Å². The maximum Gasteiger partial charge on any atom is 0.241 e. The lowest BCUT2D eigenvalue weighted by atomic mass is 10.2. The fraction of sp³-hybridized carbons (Fsp3) is 0.118. The van der Waals surface area contributed by atoms with Crippen LogP contribution in [0.5, 0.6) is 11.5 Å². The summed E-state index contributed by atoms with van der Waals surface area (Å²) in [5.41, 5.74) is 6.12. The number of primary amides is 1. The first-order chi connectivity index (χ1) is 11.0. The third kappa shape index (κ3) is 4.47. The molecule has 0 radical (unpaired) electrons. The molecule has 2 N–H and O–H groups in total. The highest BCUT2D eigenvalue weighted by Gasteiger charge is 2.09. The average Bonchev–Trinajstić information content (AvgIpc) is 2.54. The highest BCUT2D eigenvalue weighted by atomic mass is 35.5. The van der Waals surface area contributed by atoms with Crippen molar-refractivity contribution >= 4 is 23.6 Å². The summed E-state index contributed by atoms with van der Waals surface area (Å²) in [6.45, 7) is 0.0131. The first-order valence-corrected chi connectivity index (χ1v) is 7.10. The van der Waals surface area contributed by atoms with Crippen LogP contribution in [0.2, 0.25) is 5.02 Å². The normalized spacial score (nSPS) is 10.7. The number of nitrogens with two attached hydrogens (primary N) is 1. The van der Waals surface area contributed by atoms with Crippen LogP contribution in [0.4, 0.5) is 4.39 Å². The molecule has 0 bridgehead atoms. The Bertz CT molecular complexity index is 747. The van der Waals surface area contributed by atoms with Crippen LogP contribution in [0.15, 0.2) is 42.5 Å². The van der Waals surface area contributed by atoms with Crippen LogP contribution < -0.4 is 15.2 Å². The molecule has 0 aromatic heterocycles. The van der Waals surface area contributed by atoms with Crippen molar-refractivity contribution in [1.29, 1.82) is 0 Å². The summed E-state index contributed by atoms with van der Waals surface area (Å²) >= 11 is 5.73. The van der Waals surface area contributed by atoms with Crippen LogP contribution in [0.25, 0.3) is 6.08 Å². The lowest BCUT2D eigenvalue weighted by Gasteiger charge is -2.12. The molecule has 0 fully saturated rings. The number of halogens is 2. The second-order valence-corrected chi connectivity index (χ2v) is 5.05. The van der Waals surface area contributed by atoms with Gasteiger partial charge in [0.25, 0.3) is 0 Å². The van der Waals surface area contributed by atoms with Crippen LogP contribution in [-0.2, 0) is 11.4 Å². The van der Waals surface area contributed by atoms with Crippen molar-refractivity contribution in [3.05, 3.63) is 64.4 Å². The van der Waals surface area contributed by atoms with Gasteiger partial charge in [-0.15, -0.1) is 0 Å². The van der Waals surface area contributed by atoms with Crippen molar-refractivity contribution in [3.63, 3.8) is 0 Å². The van der Waals surface area contributed by atoms with E-state index in [1.807, 2.05) is 0 Å². The van der Waals surface area contributed by atoms with Gasteiger partial charge in [0.15, 0.2) is 11.5 Å². The number of methoxy groups -OCH3 is 1. The number of carbonyl (C=O) groups is 1. The first kappa shape index (κ1) is 16.8. The number of rotatable bonds is 6. The minimum atomic E-state index is -0.541. The largest absolute Gasteiger partial charge is 0.493 e. The number of ether oxygens (including phenoxy) is 2. The molecule has 2 aromatic carbocycles. The minimum Gasteiger partial charge on any atom is -0.493 e. The Balaban J connectivity index is 2.16. The van der Waals surface area contributed by atoms with Gasteiger partial charge in [0.05, 0.1) is 12.1 Å². The average molecular weight is 336 g/mol. The molecule has 0 aliphatic carbocycles. The predicted molar refractivity (Wildman–Crippen MR) is 87.0 cm³/mol. The standard InChI is InChI=1S/C17H15ClFNO3/c1-22-15-9-11(6-8-16(20)21)5-7-14(15)23-10-12-3-2-4-13(18)17(12)19/h2-9H,10H2,1H3,(H2,20,21)/b8-6+. The Morgan fingerprint density at radius 2 is 2.09 bits per heavy atom. The van der Waals surface area contributed by atoms with Crippen molar-refractivity contribution < 1.29 is 18.7 Å². The molecular formula is C17H15ClFNO3.